The summed E-state index contributed by atoms with van der Waals surface area (Å²) in [5, 5.41) is 22.8. The zero-order chi connectivity index (χ0) is 20.4. The Labute approximate surface area is 168 Å². The molecule has 1 aromatic heterocycles. The van der Waals surface area contributed by atoms with Gasteiger partial charge in [0.05, 0.1) is 17.3 Å². The number of thioether (sulfide) groups is 1. The van der Waals surface area contributed by atoms with Crippen LogP contribution >= 0.6 is 23.1 Å². The summed E-state index contributed by atoms with van der Waals surface area (Å²) < 4.78 is 12.4. The molecule has 0 aromatic carbocycles. The monoisotopic (exact) mass is 443 g/mol. The molecule has 0 saturated carbocycles. The first-order valence-electron chi connectivity index (χ1n) is 7.72. The van der Waals surface area contributed by atoms with Crippen LogP contribution in [0.3, 0.4) is 0 Å². The molecule has 2 aliphatic heterocycles. The number of aromatic nitrogens is 2. The van der Waals surface area contributed by atoms with E-state index in [9.17, 15) is 23.7 Å². The summed E-state index contributed by atoms with van der Waals surface area (Å²) in [6.07, 6.45) is 0. The van der Waals surface area contributed by atoms with Crippen molar-refractivity contribution in [2.45, 2.75) is 22.7 Å². The van der Waals surface area contributed by atoms with E-state index >= 15 is 0 Å². The maximum Gasteiger partial charge on any atom is 0.352 e. The molecule has 2 aliphatic rings. The van der Waals surface area contributed by atoms with Gasteiger partial charge in [-0.3, -0.25) is 18.7 Å². The van der Waals surface area contributed by atoms with Crippen LogP contribution in [0.1, 0.15) is 5.01 Å². The number of nitrogens with zero attached hydrogens (tertiary/aromatic N) is 6. The molecule has 12 nitrogen and oxygen atoms in total. The van der Waals surface area contributed by atoms with Gasteiger partial charge >= 0.3 is 5.97 Å². The number of carbonyl (C=O) groups excluding carboxylic acids is 2. The highest BCUT2D eigenvalue weighted by Crippen LogP contribution is 2.40. The topological polar surface area (TPSA) is 178 Å². The van der Waals surface area contributed by atoms with Gasteiger partial charge in [0, 0.05) is 10.7 Å². The first kappa shape index (κ1) is 20.3. The molecule has 15 heteroatoms. The summed E-state index contributed by atoms with van der Waals surface area (Å²) in [6, 6.07) is -0.916. The minimum Gasteiger partial charge on any atom is -0.477 e. The third-order valence-corrected chi connectivity index (χ3v) is 7.63. The van der Waals surface area contributed by atoms with Crippen molar-refractivity contribution in [2.24, 2.45) is 5.11 Å². The average Bonchev–Trinajstić information content (AvgIpc) is 3.09. The highest BCUT2D eigenvalue weighted by atomic mass is 32.2. The fourth-order valence-corrected chi connectivity index (χ4v) is 5.93. The van der Waals surface area contributed by atoms with E-state index in [1.165, 1.54) is 11.8 Å². The van der Waals surface area contributed by atoms with Gasteiger partial charge in [-0.2, -0.15) is 0 Å². The number of amides is 2. The number of nitrogens with one attached hydrogen (secondary N) is 1. The molecule has 0 spiro atoms. The molecule has 0 bridgehead atoms. The van der Waals surface area contributed by atoms with E-state index in [0.717, 1.165) is 16.2 Å². The maximum absolute atomic E-state index is 12.4. The number of β-lactam (4-membered cyclic amide) rings is 1. The second kappa shape index (κ2) is 8.26. The number of carboxylic acid groups (broad SMARTS) is 1. The number of rotatable bonds is 7. The van der Waals surface area contributed by atoms with Gasteiger partial charge in [0.2, 0.25) is 10.2 Å². The van der Waals surface area contributed by atoms with Crippen molar-refractivity contribution in [1.29, 1.82) is 0 Å². The zero-order valence-electron chi connectivity index (χ0n) is 14.3. The summed E-state index contributed by atoms with van der Waals surface area (Å²) in [6.45, 7) is 1.54. The second-order valence-electron chi connectivity index (χ2n) is 5.68. The predicted molar refractivity (Wildman–Crippen MR) is 99.6 cm³/mol. The molecule has 2 amide bonds. The maximum atomic E-state index is 12.4. The summed E-state index contributed by atoms with van der Waals surface area (Å²) in [5.41, 5.74) is 8.53. The third-order valence-electron chi connectivity index (χ3n) is 3.86. The summed E-state index contributed by atoms with van der Waals surface area (Å²) in [5.74, 6) is -2.62. The molecule has 148 valence electrons. The lowest BCUT2D eigenvalue weighted by atomic mass is 10.0. The zero-order valence-corrected chi connectivity index (χ0v) is 16.7. The lowest BCUT2D eigenvalue weighted by molar-refractivity contribution is -0.150. The number of aliphatic carboxylic acids is 1. The van der Waals surface area contributed by atoms with Crippen molar-refractivity contribution in [1.82, 2.24) is 20.4 Å². The molecule has 0 aliphatic carbocycles. The number of azide groups is 1. The van der Waals surface area contributed by atoms with Crippen LogP contribution in [0.25, 0.3) is 10.4 Å². The molecule has 1 aromatic rings. The van der Waals surface area contributed by atoms with E-state index in [2.05, 4.69) is 25.5 Å². The Kier molecular flexibility index (Phi) is 5.98. The first-order chi connectivity index (χ1) is 13.3. The highest BCUT2D eigenvalue weighted by Gasteiger charge is 2.54. The van der Waals surface area contributed by atoms with Crippen molar-refractivity contribution in [3.05, 3.63) is 26.7 Å². The standard InChI is InChI=1S/C13H13N7O5S3/c1-5-17-18-13(27-5)28(25)4-7(21)16-8-10(22)20-9(12(23)24)6(2-15-19-14)3-26-11(8)20/h8,11H,2-4H2,1H3,(H,16,21)(H,23,24)/t8?,11-,28?/m1/s1. The Hall–Kier alpha value is -2.48. The molecule has 3 heterocycles. The number of carbonyl (C=O) groups is 3. The number of hydrogen-bond donors (Lipinski definition) is 2. The molecule has 1 fully saturated rings. The van der Waals surface area contributed by atoms with Crippen LogP contribution in [0.15, 0.2) is 20.7 Å². The molecule has 3 atom stereocenters. The number of aryl methyl sites for hydroxylation is 1. The van der Waals surface area contributed by atoms with Gasteiger partial charge in [-0.25, -0.2) is 4.79 Å². The summed E-state index contributed by atoms with van der Waals surface area (Å²) in [7, 11) is -1.68. The molecule has 2 unspecified atom stereocenters. The fourth-order valence-electron chi connectivity index (χ4n) is 2.69. The van der Waals surface area contributed by atoms with Gasteiger partial charge in [-0.1, -0.05) is 16.5 Å². The van der Waals surface area contributed by atoms with Gasteiger partial charge in [0.15, 0.2) is 0 Å². The normalized spacial score (nSPS) is 22.0. The molecule has 0 radical (unpaired) electrons. The Morgan fingerprint density at radius 1 is 1.50 bits per heavy atom. The molecular weight excluding hydrogens is 430 g/mol. The van der Waals surface area contributed by atoms with Crippen molar-refractivity contribution in [2.75, 3.05) is 18.1 Å². The van der Waals surface area contributed by atoms with Crippen LogP contribution < -0.4 is 5.32 Å². The molecular formula is C13H13N7O5S3. The van der Waals surface area contributed by atoms with Crippen LogP contribution in [-0.4, -0.2) is 71.7 Å². The van der Waals surface area contributed by atoms with Gasteiger partial charge in [0.1, 0.15) is 27.9 Å². The minimum atomic E-state index is -1.68. The van der Waals surface area contributed by atoms with E-state index in [-0.39, 0.29) is 28.1 Å². The molecule has 2 N–H and O–H groups in total. The van der Waals surface area contributed by atoms with Crippen LogP contribution in [0, 0.1) is 6.92 Å². The van der Waals surface area contributed by atoms with Crippen molar-refractivity contribution in [3.8, 4) is 0 Å². The smallest absolute Gasteiger partial charge is 0.352 e. The van der Waals surface area contributed by atoms with Gasteiger partial charge in [-0.05, 0) is 18.0 Å². The largest absolute Gasteiger partial charge is 0.477 e. The van der Waals surface area contributed by atoms with E-state index in [0.29, 0.717) is 10.6 Å². The second-order valence-corrected chi connectivity index (χ2v) is 9.59. The van der Waals surface area contributed by atoms with Gasteiger partial charge < -0.3 is 10.4 Å². The van der Waals surface area contributed by atoms with Crippen molar-refractivity contribution < 1.29 is 23.7 Å². The van der Waals surface area contributed by atoms with E-state index in [4.69, 9.17) is 5.53 Å². The predicted octanol–water partition coefficient (Wildman–Crippen LogP) is 0.00302. The summed E-state index contributed by atoms with van der Waals surface area (Å²) in [4.78, 5) is 39.8. The molecule has 28 heavy (non-hydrogen) atoms. The van der Waals surface area contributed by atoms with Gasteiger partial charge in [-0.15, -0.1) is 22.0 Å². The van der Waals surface area contributed by atoms with Crippen LogP contribution in [0.5, 0.6) is 0 Å². The molecule has 3 rings (SSSR count). The van der Waals surface area contributed by atoms with Gasteiger partial charge in [0.25, 0.3) is 5.91 Å². The Morgan fingerprint density at radius 2 is 2.25 bits per heavy atom. The average molecular weight is 443 g/mol. The van der Waals surface area contributed by atoms with Crippen LogP contribution in [0.4, 0.5) is 0 Å². The Balaban J connectivity index is 1.67. The van der Waals surface area contributed by atoms with Crippen LogP contribution in [-0.2, 0) is 25.2 Å². The lowest BCUT2D eigenvalue weighted by Crippen LogP contribution is -2.70. The minimum absolute atomic E-state index is 0.154. The lowest BCUT2D eigenvalue weighted by Gasteiger charge is -2.49. The third kappa shape index (κ3) is 3.87. The Morgan fingerprint density at radius 3 is 2.86 bits per heavy atom. The van der Waals surface area contributed by atoms with E-state index < -0.39 is 40.0 Å². The SMILES string of the molecule is Cc1nnc(S(=O)CC(=O)NC2C(=O)N3C(C(=O)O)=C(CN=[N+]=[N-])CS[C@H]23)s1. The van der Waals surface area contributed by atoms with E-state index in [1.807, 2.05) is 0 Å². The quantitative estimate of drug-likeness (QED) is 0.256. The highest BCUT2D eigenvalue weighted by molar-refractivity contribution is 8.00. The number of fused-ring (bicyclic) bond motifs is 1. The number of carboxylic acids is 1. The first-order valence-corrected chi connectivity index (χ1v) is 10.9. The van der Waals surface area contributed by atoms with E-state index in [1.54, 1.807) is 6.92 Å². The number of hydrogen-bond acceptors (Lipinski definition) is 9. The van der Waals surface area contributed by atoms with Crippen molar-refractivity contribution in [3.63, 3.8) is 0 Å². The van der Waals surface area contributed by atoms with Crippen molar-refractivity contribution >= 4 is 51.7 Å². The molecule has 1 saturated heterocycles. The fraction of sp³-hybridized carbons (Fsp3) is 0.462. The van der Waals surface area contributed by atoms with Crippen LogP contribution in [0.2, 0.25) is 0 Å². The Bertz CT molecular complexity index is 954. The summed E-state index contributed by atoms with van der Waals surface area (Å²) >= 11 is 2.37.